The molecule has 2 aromatic carbocycles. The van der Waals surface area contributed by atoms with E-state index >= 15 is 0 Å². The third-order valence-electron chi connectivity index (χ3n) is 5.43. The number of rotatable bonds is 9. The number of carbonyl (C=O) groups is 1. The van der Waals surface area contributed by atoms with Crippen molar-refractivity contribution >= 4 is 55.0 Å². The van der Waals surface area contributed by atoms with Crippen molar-refractivity contribution in [1.29, 1.82) is 0 Å². The number of hydrogen-bond donors (Lipinski definition) is 3. The molecule has 3 N–H and O–H groups in total. The number of anilines is 1. The summed E-state index contributed by atoms with van der Waals surface area (Å²) in [5.74, 6) is 0.316. The SMILES string of the molecule is O=C(CCCCCCCNc1nn2c(=O)c3cc(Br)ccc3nc2c2ccccc12)NO. The van der Waals surface area contributed by atoms with Gasteiger partial charge in [0.2, 0.25) is 5.91 Å². The summed E-state index contributed by atoms with van der Waals surface area (Å²) >= 11 is 3.42. The second kappa shape index (κ2) is 10.1. The standard InChI is InChI=1S/C23H24BrN5O3/c24-15-11-12-19-18(14-15)23(31)29-22(26-19)17-9-6-5-8-16(17)21(27-29)25-13-7-3-1-2-4-10-20(30)28-32/h5-6,8-9,11-12,14,32H,1-4,7,10,13H2,(H,25,27)(H,28,30). The lowest BCUT2D eigenvalue weighted by molar-refractivity contribution is -0.129. The van der Waals surface area contributed by atoms with Gasteiger partial charge in [-0.25, -0.2) is 10.5 Å². The van der Waals surface area contributed by atoms with Crippen LogP contribution in [0.2, 0.25) is 0 Å². The summed E-state index contributed by atoms with van der Waals surface area (Å²) in [6.45, 7) is 0.723. The topological polar surface area (TPSA) is 109 Å². The Morgan fingerprint density at radius 1 is 1.00 bits per heavy atom. The average molecular weight is 498 g/mol. The third-order valence-corrected chi connectivity index (χ3v) is 5.92. The molecule has 166 valence electrons. The smallest absolute Gasteiger partial charge is 0.282 e. The van der Waals surface area contributed by atoms with Gasteiger partial charge in [-0.2, -0.15) is 4.52 Å². The molecule has 0 saturated heterocycles. The molecule has 2 heterocycles. The molecule has 0 saturated carbocycles. The van der Waals surface area contributed by atoms with Gasteiger partial charge in [-0.1, -0.05) is 59.5 Å². The Morgan fingerprint density at radius 2 is 1.75 bits per heavy atom. The van der Waals surface area contributed by atoms with Gasteiger partial charge in [-0.3, -0.25) is 14.8 Å². The first kappa shape index (κ1) is 22.2. The summed E-state index contributed by atoms with van der Waals surface area (Å²) in [7, 11) is 0. The van der Waals surface area contributed by atoms with Gasteiger partial charge in [0.05, 0.1) is 10.9 Å². The highest BCUT2D eigenvalue weighted by Crippen LogP contribution is 2.25. The van der Waals surface area contributed by atoms with Crippen molar-refractivity contribution in [3.05, 3.63) is 57.3 Å². The van der Waals surface area contributed by atoms with Crippen LogP contribution in [0.15, 0.2) is 51.7 Å². The largest absolute Gasteiger partial charge is 0.368 e. The van der Waals surface area contributed by atoms with Crippen LogP contribution >= 0.6 is 15.9 Å². The fraction of sp³-hybridized carbons (Fsp3) is 0.304. The van der Waals surface area contributed by atoms with E-state index in [1.165, 1.54) is 4.52 Å². The van der Waals surface area contributed by atoms with Crippen molar-refractivity contribution in [2.75, 3.05) is 11.9 Å². The number of halogens is 1. The van der Waals surface area contributed by atoms with Gasteiger partial charge in [0.15, 0.2) is 11.5 Å². The van der Waals surface area contributed by atoms with Crippen LogP contribution in [0.3, 0.4) is 0 Å². The molecule has 1 amide bonds. The second-order valence-electron chi connectivity index (χ2n) is 7.69. The monoisotopic (exact) mass is 497 g/mol. The molecule has 9 heteroatoms. The predicted molar refractivity (Wildman–Crippen MR) is 128 cm³/mol. The van der Waals surface area contributed by atoms with Crippen molar-refractivity contribution in [1.82, 2.24) is 20.1 Å². The minimum atomic E-state index is -0.342. The van der Waals surface area contributed by atoms with Gasteiger partial charge in [0.1, 0.15) is 0 Å². The van der Waals surface area contributed by atoms with Crippen LogP contribution in [0.5, 0.6) is 0 Å². The number of hydroxylamine groups is 1. The van der Waals surface area contributed by atoms with Crippen molar-refractivity contribution in [3.8, 4) is 0 Å². The van der Waals surface area contributed by atoms with Crippen LogP contribution in [-0.2, 0) is 4.79 Å². The first-order valence-corrected chi connectivity index (χ1v) is 11.5. The number of nitrogens with zero attached hydrogens (tertiary/aromatic N) is 3. The van der Waals surface area contributed by atoms with E-state index in [9.17, 15) is 9.59 Å². The first-order chi connectivity index (χ1) is 15.6. The van der Waals surface area contributed by atoms with Gasteiger partial charge in [0.25, 0.3) is 5.56 Å². The highest BCUT2D eigenvalue weighted by Gasteiger charge is 2.13. The lowest BCUT2D eigenvalue weighted by atomic mass is 10.1. The molecule has 4 rings (SSSR count). The van der Waals surface area contributed by atoms with Gasteiger partial charge in [-0.15, -0.1) is 5.10 Å². The minimum absolute atomic E-state index is 0.202. The molecule has 2 aromatic heterocycles. The normalized spacial score (nSPS) is 11.3. The quantitative estimate of drug-likeness (QED) is 0.104. The Bertz CT molecular complexity index is 1340. The lowest BCUT2D eigenvalue weighted by Gasteiger charge is -2.12. The van der Waals surface area contributed by atoms with Crippen molar-refractivity contribution in [2.24, 2.45) is 0 Å². The molecule has 0 aliphatic carbocycles. The summed E-state index contributed by atoms with van der Waals surface area (Å²) in [4.78, 5) is 28.9. The van der Waals surface area contributed by atoms with E-state index in [4.69, 9.17) is 10.2 Å². The summed E-state index contributed by atoms with van der Waals surface area (Å²) in [5, 5.41) is 18.8. The summed E-state index contributed by atoms with van der Waals surface area (Å²) in [6.07, 6.45) is 5.01. The van der Waals surface area contributed by atoms with Crippen LogP contribution in [0.1, 0.15) is 38.5 Å². The van der Waals surface area contributed by atoms with E-state index < -0.39 is 0 Å². The van der Waals surface area contributed by atoms with Gasteiger partial charge in [-0.05, 0) is 31.0 Å². The van der Waals surface area contributed by atoms with Crippen molar-refractivity contribution in [3.63, 3.8) is 0 Å². The van der Waals surface area contributed by atoms with E-state index in [1.807, 2.05) is 36.4 Å². The maximum Gasteiger partial charge on any atom is 0.282 e. The van der Waals surface area contributed by atoms with E-state index in [0.717, 1.165) is 53.9 Å². The number of fused-ring (bicyclic) bond motifs is 4. The van der Waals surface area contributed by atoms with Crippen molar-refractivity contribution in [2.45, 2.75) is 38.5 Å². The number of hydrogen-bond acceptors (Lipinski definition) is 6. The molecule has 8 nitrogen and oxygen atoms in total. The molecule has 32 heavy (non-hydrogen) atoms. The Kier molecular flexibility index (Phi) is 6.96. The lowest BCUT2D eigenvalue weighted by Crippen LogP contribution is -2.20. The Morgan fingerprint density at radius 3 is 2.56 bits per heavy atom. The summed E-state index contributed by atoms with van der Waals surface area (Å²) in [5.41, 5.74) is 2.63. The number of carbonyl (C=O) groups excluding carboxylic acids is 1. The fourth-order valence-corrected chi connectivity index (χ4v) is 4.15. The van der Waals surface area contributed by atoms with E-state index in [1.54, 1.807) is 11.5 Å². The Balaban J connectivity index is 1.53. The fourth-order valence-electron chi connectivity index (χ4n) is 3.79. The molecule has 0 fully saturated rings. The molecule has 0 radical (unpaired) electrons. The van der Waals surface area contributed by atoms with Crippen LogP contribution in [0.4, 0.5) is 5.82 Å². The van der Waals surface area contributed by atoms with E-state index in [-0.39, 0.29) is 11.5 Å². The zero-order chi connectivity index (χ0) is 22.5. The molecule has 0 bridgehead atoms. The molecular formula is C23H24BrN5O3. The highest BCUT2D eigenvalue weighted by molar-refractivity contribution is 9.10. The predicted octanol–water partition coefficient (Wildman–Crippen LogP) is 4.42. The number of unbranched alkanes of at least 4 members (excludes halogenated alkanes) is 4. The maximum atomic E-state index is 13.2. The average Bonchev–Trinajstić information content (AvgIpc) is 2.81. The molecule has 0 aliphatic heterocycles. The van der Waals surface area contributed by atoms with Crippen LogP contribution in [0, 0.1) is 0 Å². The van der Waals surface area contributed by atoms with Gasteiger partial charge < -0.3 is 5.32 Å². The number of amides is 1. The Labute approximate surface area is 192 Å². The Hall–Kier alpha value is -3.04. The van der Waals surface area contributed by atoms with Crippen LogP contribution in [-0.4, -0.2) is 32.3 Å². The molecule has 0 atom stereocenters. The first-order valence-electron chi connectivity index (χ1n) is 10.7. The number of benzene rings is 2. The number of nitrogens with one attached hydrogen (secondary N) is 2. The van der Waals surface area contributed by atoms with Gasteiger partial charge in [0, 0.05) is 28.2 Å². The zero-order valence-electron chi connectivity index (χ0n) is 17.5. The summed E-state index contributed by atoms with van der Waals surface area (Å²) < 4.78 is 2.20. The zero-order valence-corrected chi connectivity index (χ0v) is 19.1. The minimum Gasteiger partial charge on any atom is -0.368 e. The van der Waals surface area contributed by atoms with Crippen LogP contribution in [0.25, 0.3) is 27.3 Å². The van der Waals surface area contributed by atoms with E-state index in [2.05, 4.69) is 26.3 Å². The third kappa shape index (κ3) is 4.73. The molecule has 0 unspecified atom stereocenters. The molecule has 4 aromatic rings. The second-order valence-corrected chi connectivity index (χ2v) is 8.60. The summed E-state index contributed by atoms with van der Waals surface area (Å²) in [6, 6.07) is 13.3. The molecule has 0 spiro atoms. The van der Waals surface area contributed by atoms with E-state index in [0.29, 0.717) is 28.8 Å². The molecule has 0 aliphatic rings. The van der Waals surface area contributed by atoms with Gasteiger partial charge >= 0.3 is 0 Å². The highest BCUT2D eigenvalue weighted by atomic mass is 79.9. The molecular weight excluding hydrogens is 474 g/mol. The van der Waals surface area contributed by atoms with Crippen LogP contribution < -0.4 is 16.4 Å². The number of aromatic nitrogens is 3. The maximum absolute atomic E-state index is 13.2. The van der Waals surface area contributed by atoms with Crippen molar-refractivity contribution < 1.29 is 10.0 Å².